The molecule has 7 heteroatoms. The van der Waals surface area contributed by atoms with Crippen LogP contribution in [0.3, 0.4) is 0 Å². The monoisotopic (exact) mass is 400 g/mol. The van der Waals surface area contributed by atoms with Gasteiger partial charge in [-0.2, -0.15) is 5.26 Å². The molecule has 150 valence electrons. The van der Waals surface area contributed by atoms with E-state index in [1.807, 2.05) is 35.7 Å². The molecule has 3 rings (SSSR count). The van der Waals surface area contributed by atoms with E-state index in [-0.39, 0.29) is 17.2 Å². The Labute approximate surface area is 173 Å². The highest BCUT2D eigenvalue weighted by molar-refractivity contribution is 6.01. The van der Waals surface area contributed by atoms with E-state index in [2.05, 4.69) is 16.4 Å². The second-order valence-corrected chi connectivity index (χ2v) is 6.85. The van der Waals surface area contributed by atoms with Crippen LogP contribution in [0, 0.1) is 11.3 Å². The van der Waals surface area contributed by atoms with Crippen molar-refractivity contribution < 1.29 is 14.7 Å². The summed E-state index contributed by atoms with van der Waals surface area (Å²) in [6, 6.07) is 10.7. The first-order chi connectivity index (χ1) is 14.3. The van der Waals surface area contributed by atoms with Gasteiger partial charge in [0.1, 0.15) is 5.65 Å². The van der Waals surface area contributed by atoms with E-state index in [0.29, 0.717) is 5.57 Å². The molecule has 1 aromatic carbocycles. The highest BCUT2D eigenvalue weighted by atomic mass is 16.4. The molecule has 1 amide bonds. The molecule has 0 saturated carbocycles. The van der Waals surface area contributed by atoms with Gasteiger partial charge in [0.05, 0.1) is 29.2 Å². The molecule has 0 saturated heterocycles. The third kappa shape index (κ3) is 4.28. The maximum atomic E-state index is 11.5. The number of aromatic carboxylic acids is 1. The molecular weight excluding hydrogens is 380 g/mol. The number of allylic oxidation sites excluding steroid dienone is 4. The predicted octanol–water partition coefficient (Wildman–Crippen LogP) is 4.53. The van der Waals surface area contributed by atoms with Crippen LogP contribution >= 0.6 is 0 Å². The summed E-state index contributed by atoms with van der Waals surface area (Å²) in [7, 11) is 0. The maximum Gasteiger partial charge on any atom is 0.337 e. The Morgan fingerprint density at radius 2 is 1.87 bits per heavy atom. The second-order valence-electron chi connectivity index (χ2n) is 6.85. The highest BCUT2D eigenvalue weighted by Crippen LogP contribution is 2.27. The first-order valence-corrected chi connectivity index (χ1v) is 9.18. The number of carbonyl (C=O) groups is 2. The largest absolute Gasteiger partial charge is 0.478 e. The summed E-state index contributed by atoms with van der Waals surface area (Å²) >= 11 is 0. The lowest BCUT2D eigenvalue weighted by atomic mass is 10.0. The van der Waals surface area contributed by atoms with Crippen molar-refractivity contribution in [3.8, 4) is 17.2 Å². The van der Waals surface area contributed by atoms with Crippen molar-refractivity contribution in [2.75, 3.05) is 5.32 Å². The summed E-state index contributed by atoms with van der Waals surface area (Å²) in [4.78, 5) is 27.3. The molecular formula is C23H20N4O3. The lowest BCUT2D eigenvalue weighted by Gasteiger charge is -2.11. The van der Waals surface area contributed by atoms with E-state index in [9.17, 15) is 14.7 Å². The van der Waals surface area contributed by atoms with Crippen molar-refractivity contribution in [3.05, 3.63) is 71.7 Å². The number of fused-ring (bicyclic) bond motifs is 1. The number of benzene rings is 1. The number of nitrogens with one attached hydrogen (secondary N) is 1. The normalized spacial score (nSPS) is 11.9. The number of amides is 1. The fourth-order valence-electron chi connectivity index (χ4n) is 3.02. The van der Waals surface area contributed by atoms with E-state index in [1.165, 1.54) is 13.0 Å². The van der Waals surface area contributed by atoms with Gasteiger partial charge in [-0.3, -0.25) is 9.20 Å². The number of aromatic nitrogens is 2. The number of hydrogen-bond acceptors (Lipinski definition) is 4. The van der Waals surface area contributed by atoms with Gasteiger partial charge in [-0.15, -0.1) is 0 Å². The van der Waals surface area contributed by atoms with Crippen LogP contribution in [0.1, 0.15) is 36.8 Å². The average Bonchev–Trinajstić information content (AvgIpc) is 3.14. The molecule has 30 heavy (non-hydrogen) atoms. The Balaban J connectivity index is 2.09. The molecule has 0 unspecified atom stereocenters. The summed E-state index contributed by atoms with van der Waals surface area (Å²) in [5, 5.41) is 20.9. The number of hydrogen-bond donors (Lipinski definition) is 2. The van der Waals surface area contributed by atoms with Gasteiger partial charge in [0.2, 0.25) is 5.91 Å². The van der Waals surface area contributed by atoms with Gasteiger partial charge in [-0.25, -0.2) is 9.78 Å². The smallest absolute Gasteiger partial charge is 0.337 e. The van der Waals surface area contributed by atoms with Gasteiger partial charge in [0.25, 0.3) is 0 Å². The van der Waals surface area contributed by atoms with Crippen molar-refractivity contribution in [2.45, 2.75) is 20.8 Å². The third-order valence-corrected chi connectivity index (χ3v) is 4.56. The third-order valence-electron chi connectivity index (χ3n) is 4.56. The molecule has 0 aliphatic rings. The number of anilines is 1. The van der Waals surface area contributed by atoms with Gasteiger partial charge in [-0.05, 0) is 60.9 Å². The van der Waals surface area contributed by atoms with Crippen LogP contribution < -0.4 is 5.32 Å². The minimum absolute atomic E-state index is 0.0248. The minimum atomic E-state index is -1.11. The number of nitrogens with zero attached hydrogens (tertiary/aromatic N) is 3. The molecule has 3 aromatic rings. The number of carbonyl (C=O) groups excluding carboxylic acids is 1. The van der Waals surface area contributed by atoms with Crippen LogP contribution in [0.25, 0.3) is 22.3 Å². The molecule has 0 aliphatic heterocycles. The van der Waals surface area contributed by atoms with Crippen molar-refractivity contribution >= 4 is 28.8 Å². The zero-order valence-corrected chi connectivity index (χ0v) is 16.8. The summed E-state index contributed by atoms with van der Waals surface area (Å²) in [6.07, 6.45) is 7.29. The number of nitriles is 1. The van der Waals surface area contributed by atoms with Crippen LogP contribution in [0.5, 0.6) is 0 Å². The van der Waals surface area contributed by atoms with E-state index >= 15 is 0 Å². The topological polar surface area (TPSA) is 107 Å². The maximum absolute atomic E-state index is 11.5. The number of pyridine rings is 1. The second kappa shape index (κ2) is 8.45. The summed E-state index contributed by atoms with van der Waals surface area (Å²) < 4.78 is 1.93. The van der Waals surface area contributed by atoms with Gasteiger partial charge in [-0.1, -0.05) is 12.1 Å². The molecule has 0 radical (unpaired) electrons. The van der Waals surface area contributed by atoms with Gasteiger partial charge in [0.15, 0.2) is 0 Å². The number of rotatable bonds is 5. The Hall–Kier alpha value is -4.18. The van der Waals surface area contributed by atoms with Crippen LogP contribution in [0.2, 0.25) is 0 Å². The predicted molar refractivity (Wildman–Crippen MR) is 115 cm³/mol. The lowest BCUT2D eigenvalue weighted by molar-refractivity contribution is -0.114. The summed E-state index contributed by atoms with van der Waals surface area (Å²) in [5.41, 5.74) is 5.03. The standard InChI is InChI=1S/C23H20N4O3/c1-14(11-24)4-5-15(2)21-12-25-22-9-7-18(13-27(21)22)17-6-8-19(23(29)30)20(10-17)26-16(3)28/h4-10,12-13H,1-3H3,(H,26,28)(H,29,30)/b14-4+,15-5+. The molecule has 7 nitrogen and oxygen atoms in total. The van der Waals surface area contributed by atoms with Gasteiger partial charge in [0, 0.05) is 18.7 Å². The van der Waals surface area contributed by atoms with Crippen LogP contribution in [-0.2, 0) is 4.79 Å². The van der Waals surface area contributed by atoms with Crippen LogP contribution in [0.15, 0.2) is 60.5 Å². The molecule has 2 aromatic heterocycles. The van der Waals surface area contributed by atoms with E-state index in [1.54, 1.807) is 31.3 Å². The molecule has 0 atom stereocenters. The summed E-state index contributed by atoms with van der Waals surface area (Å²) in [5.74, 6) is -1.46. The van der Waals surface area contributed by atoms with Crippen LogP contribution in [-0.4, -0.2) is 26.4 Å². The SMILES string of the molecule is CC(=O)Nc1cc(-c2ccc3ncc(/C(C)=C/C=C(\C)C#N)n3c2)ccc1C(=O)O. The molecule has 0 bridgehead atoms. The first-order valence-electron chi connectivity index (χ1n) is 9.18. The number of carboxylic acids is 1. The zero-order valence-electron chi connectivity index (χ0n) is 16.8. The van der Waals surface area contributed by atoms with Crippen molar-refractivity contribution in [1.29, 1.82) is 5.26 Å². The quantitative estimate of drug-likeness (QED) is 0.483. The molecule has 0 aliphatic carbocycles. The minimum Gasteiger partial charge on any atom is -0.478 e. The Bertz CT molecular complexity index is 1260. The Morgan fingerprint density at radius 1 is 1.13 bits per heavy atom. The molecule has 2 heterocycles. The molecule has 2 N–H and O–H groups in total. The van der Waals surface area contributed by atoms with Gasteiger partial charge >= 0.3 is 5.97 Å². The van der Waals surface area contributed by atoms with E-state index in [0.717, 1.165) is 28.0 Å². The highest BCUT2D eigenvalue weighted by Gasteiger charge is 2.13. The summed E-state index contributed by atoms with van der Waals surface area (Å²) in [6.45, 7) is 5.01. The van der Waals surface area contributed by atoms with Crippen molar-refractivity contribution in [1.82, 2.24) is 9.38 Å². The van der Waals surface area contributed by atoms with Crippen molar-refractivity contribution in [3.63, 3.8) is 0 Å². The van der Waals surface area contributed by atoms with Crippen molar-refractivity contribution in [2.24, 2.45) is 0 Å². The number of carboxylic acid groups (broad SMARTS) is 1. The lowest BCUT2D eigenvalue weighted by Crippen LogP contribution is -2.10. The molecule has 0 spiro atoms. The fourth-order valence-corrected chi connectivity index (χ4v) is 3.02. The first kappa shape index (κ1) is 20.6. The average molecular weight is 400 g/mol. The zero-order chi connectivity index (χ0) is 21.8. The van der Waals surface area contributed by atoms with E-state index < -0.39 is 5.97 Å². The Morgan fingerprint density at radius 3 is 2.53 bits per heavy atom. The van der Waals surface area contributed by atoms with E-state index in [4.69, 9.17) is 5.26 Å². The number of imidazole rings is 1. The van der Waals surface area contributed by atoms with Gasteiger partial charge < -0.3 is 10.4 Å². The Kier molecular flexibility index (Phi) is 5.79. The molecule has 0 fully saturated rings. The van der Waals surface area contributed by atoms with Crippen LogP contribution in [0.4, 0.5) is 5.69 Å². The fraction of sp³-hybridized carbons (Fsp3) is 0.130.